The van der Waals surface area contributed by atoms with Crippen LogP contribution in [0.2, 0.25) is 0 Å². The number of imidazole rings is 1. The summed E-state index contributed by atoms with van der Waals surface area (Å²) in [7, 11) is 1.49. The van der Waals surface area contributed by atoms with Crippen LogP contribution in [0.4, 0.5) is 5.82 Å². The number of carbonyl (C=O) groups excluding carboxylic acids is 1. The topological polar surface area (TPSA) is 99.2 Å². The molecule has 2 aliphatic rings. The third-order valence-corrected chi connectivity index (χ3v) is 9.16. The lowest BCUT2D eigenvalue weighted by Gasteiger charge is -2.42. The molecule has 4 heterocycles. The Labute approximate surface area is 251 Å². The van der Waals surface area contributed by atoms with Gasteiger partial charge in [-0.1, -0.05) is 42.5 Å². The molecule has 0 bridgehead atoms. The first kappa shape index (κ1) is 27.3. The molecule has 0 spiro atoms. The molecule has 5 aromatic rings. The van der Waals surface area contributed by atoms with Crippen LogP contribution >= 0.6 is 0 Å². The van der Waals surface area contributed by atoms with Crippen LogP contribution in [0.1, 0.15) is 37.2 Å². The molecule has 1 aliphatic carbocycles. The Balaban J connectivity index is 1.10. The lowest BCUT2D eigenvalue weighted by Crippen LogP contribution is -2.47. The highest BCUT2D eigenvalue weighted by molar-refractivity contribution is 5.85. The van der Waals surface area contributed by atoms with Crippen LogP contribution in [0.3, 0.4) is 0 Å². The maximum atomic E-state index is 11.8. The maximum Gasteiger partial charge on any atom is 0.308 e. The molecule has 43 heavy (non-hydrogen) atoms. The predicted molar refractivity (Wildman–Crippen MR) is 169 cm³/mol. The van der Waals surface area contributed by atoms with Crippen molar-refractivity contribution in [2.75, 3.05) is 32.5 Å². The van der Waals surface area contributed by atoms with Crippen molar-refractivity contribution in [1.82, 2.24) is 24.4 Å². The Kier molecular flexibility index (Phi) is 7.37. The third-order valence-electron chi connectivity index (χ3n) is 9.16. The van der Waals surface area contributed by atoms with Crippen LogP contribution in [0.25, 0.3) is 39.4 Å². The average molecular weight is 573 g/mol. The van der Waals surface area contributed by atoms with Crippen molar-refractivity contribution in [2.24, 2.45) is 11.8 Å². The van der Waals surface area contributed by atoms with E-state index in [-0.39, 0.29) is 11.9 Å². The van der Waals surface area contributed by atoms with Crippen molar-refractivity contribution in [3.63, 3.8) is 0 Å². The van der Waals surface area contributed by atoms with Crippen molar-refractivity contribution in [1.29, 1.82) is 0 Å². The first-order valence-corrected chi connectivity index (χ1v) is 15.1. The summed E-state index contributed by atoms with van der Waals surface area (Å²) in [4.78, 5) is 28.6. The number of hydrogen-bond donors (Lipinski definition) is 1. The number of rotatable bonds is 7. The fourth-order valence-corrected chi connectivity index (χ4v) is 6.72. The van der Waals surface area contributed by atoms with E-state index in [0.29, 0.717) is 17.7 Å². The Morgan fingerprint density at radius 1 is 0.930 bits per heavy atom. The molecule has 2 aromatic carbocycles. The van der Waals surface area contributed by atoms with E-state index in [9.17, 15) is 4.79 Å². The minimum atomic E-state index is -0.0432. The zero-order valence-corrected chi connectivity index (χ0v) is 24.4. The van der Waals surface area contributed by atoms with Crippen molar-refractivity contribution in [2.45, 2.75) is 31.6 Å². The second-order valence-corrected chi connectivity index (χ2v) is 11.9. The largest absolute Gasteiger partial charge is 0.469 e. The molecule has 0 atom stereocenters. The van der Waals surface area contributed by atoms with E-state index >= 15 is 0 Å². The molecule has 218 valence electrons. The van der Waals surface area contributed by atoms with Crippen LogP contribution < -0.4 is 5.73 Å². The second-order valence-electron chi connectivity index (χ2n) is 11.9. The number of aromatic nitrogens is 4. The zero-order chi connectivity index (χ0) is 29.3. The van der Waals surface area contributed by atoms with Crippen LogP contribution in [-0.4, -0.2) is 57.1 Å². The predicted octanol–water partition coefficient (Wildman–Crippen LogP) is 6.11. The van der Waals surface area contributed by atoms with Gasteiger partial charge in [0.15, 0.2) is 11.5 Å². The molecular weight excluding hydrogens is 536 g/mol. The highest BCUT2D eigenvalue weighted by atomic mass is 16.5. The van der Waals surface area contributed by atoms with Gasteiger partial charge in [0.05, 0.1) is 18.6 Å². The summed E-state index contributed by atoms with van der Waals surface area (Å²) < 4.78 is 7.03. The molecule has 7 rings (SSSR count). The molecule has 1 aliphatic heterocycles. The van der Waals surface area contributed by atoms with Gasteiger partial charge in [0, 0.05) is 49.2 Å². The van der Waals surface area contributed by atoms with Crippen LogP contribution in [-0.2, 0) is 9.53 Å². The van der Waals surface area contributed by atoms with E-state index in [4.69, 9.17) is 20.4 Å². The number of carbonyl (C=O) groups is 1. The summed E-state index contributed by atoms with van der Waals surface area (Å²) in [5.41, 5.74) is 13.1. The molecule has 0 unspecified atom stereocenters. The van der Waals surface area contributed by atoms with Gasteiger partial charge in [-0.2, -0.15) is 0 Å². The fourth-order valence-electron chi connectivity index (χ4n) is 6.72. The van der Waals surface area contributed by atoms with Gasteiger partial charge in [-0.3, -0.25) is 9.36 Å². The average Bonchev–Trinajstić information content (AvgIpc) is 3.42. The van der Waals surface area contributed by atoms with Gasteiger partial charge in [0.1, 0.15) is 11.3 Å². The number of fused-ring (bicyclic) bond motifs is 1. The highest BCUT2D eigenvalue weighted by Gasteiger charge is 2.33. The van der Waals surface area contributed by atoms with Gasteiger partial charge < -0.3 is 15.4 Å². The summed E-state index contributed by atoms with van der Waals surface area (Å²) in [6, 6.07) is 24.9. The number of hydrogen-bond acceptors (Lipinski definition) is 7. The summed E-state index contributed by atoms with van der Waals surface area (Å²) >= 11 is 0. The van der Waals surface area contributed by atoms with E-state index in [1.165, 1.54) is 12.7 Å². The van der Waals surface area contributed by atoms with Crippen molar-refractivity contribution in [3.8, 4) is 28.2 Å². The Hall–Kier alpha value is -4.56. The van der Waals surface area contributed by atoms with Gasteiger partial charge in [0.2, 0.25) is 0 Å². The molecule has 1 saturated heterocycles. The standard InChI is InChI=1S/C35H36N6O2/c1-43-35(42)26-11-9-23(10-12-26)20-40-21-28(22-40)25-13-15-29(16-14-25)41-33(30-8-5-17-37-32(30)36)39-31-18-27(19-38-34(31)41)24-6-3-2-4-7-24/h2-8,13-19,23,26,28H,9-12,20-22H2,1H3,(H2,36,37)/t23-,26-. The molecule has 3 aromatic heterocycles. The number of likely N-dealkylation sites (tertiary alicyclic amines) is 1. The smallest absolute Gasteiger partial charge is 0.308 e. The number of pyridine rings is 2. The van der Waals surface area contributed by atoms with Gasteiger partial charge >= 0.3 is 5.97 Å². The molecule has 8 heteroatoms. The van der Waals surface area contributed by atoms with Crippen LogP contribution in [0, 0.1) is 11.8 Å². The lowest BCUT2D eigenvalue weighted by molar-refractivity contribution is -0.146. The summed E-state index contributed by atoms with van der Waals surface area (Å²) in [6.07, 6.45) is 7.73. The molecule has 1 saturated carbocycles. The Morgan fingerprint density at radius 3 is 2.42 bits per heavy atom. The quantitative estimate of drug-likeness (QED) is 0.235. The molecule has 2 N–H and O–H groups in total. The molecule has 0 amide bonds. The zero-order valence-electron chi connectivity index (χ0n) is 24.4. The molecule has 8 nitrogen and oxygen atoms in total. The second kappa shape index (κ2) is 11.6. The van der Waals surface area contributed by atoms with Gasteiger partial charge in [0.25, 0.3) is 0 Å². The SMILES string of the molecule is COC(=O)[C@H]1CC[C@H](CN2CC(c3ccc(-n4c(-c5cccnc5N)nc5cc(-c6ccccc6)cnc54)cc3)C2)CC1. The minimum absolute atomic E-state index is 0.0432. The number of nitrogens with two attached hydrogens (primary N) is 1. The van der Waals surface area contributed by atoms with Crippen molar-refractivity contribution >= 4 is 23.0 Å². The monoisotopic (exact) mass is 572 g/mol. The Bertz CT molecular complexity index is 1740. The number of esters is 1. The minimum Gasteiger partial charge on any atom is -0.469 e. The number of anilines is 1. The molecule has 2 fully saturated rings. The number of benzene rings is 2. The van der Waals surface area contributed by atoms with Gasteiger partial charge in [-0.15, -0.1) is 0 Å². The number of nitrogen functional groups attached to an aromatic ring is 1. The van der Waals surface area contributed by atoms with E-state index in [0.717, 1.165) is 84.7 Å². The maximum absolute atomic E-state index is 11.8. The summed E-state index contributed by atoms with van der Waals surface area (Å²) in [5.74, 6) is 2.41. The number of nitrogens with zero attached hydrogens (tertiary/aromatic N) is 5. The number of methoxy groups -OCH3 is 1. The first-order chi connectivity index (χ1) is 21.1. The van der Waals surface area contributed by atoms with E-state index < -0.39 is 0 Å². The number of ether oxygens (including phenoxy) is 1. The van der Waals surface area contributed by atoms with Crippen LogP contribution in [0.5, 0.6) is 0 Å². The third kappa shape index (κ3) is 5.39. The van der Waals surface area contributed by atoms with E-state index in [1.807, 2.05) is 36.5 Å². The summed E-state index contributed by atoms with van der Waals surface area (Å²) in [5, 5.41) is 0. The van der Waals surface area contributed by atoms with Crippen LogP contribution in [0.15, 0.2) is 85.2 Å². The highest BCUT2D eigenvalue weighted by Crippen LogP contribution is 2.35. The summed E-state index contributed by atoms with van der Waals surface area (Å²) in [6.45, 7) is 3.27. The molecule has 0 radical (unpaired) electrons. The van der Waals surface area contributed by atoms with Crippen molar-refractivity contribution in [3.05, 3.63) is 90.8 Å². The van der Waals surface area contributed by atoms with Crippen molar-refractivity contribution < 1.29 is 9.53 Å². The Morgan fingerprint density at radius 2 is 1.70 bits per heavy atom. The van der Waals surface area contributed by atoms with E-state index in [2.05, 4.69) is 56.9 Å². The first-order valence-electron chi connectivity index (χ1n) is 15.1. The molecular formula is C35H36N6O2. The normalized spacial score (nSPS) is 19.3. The lowest BCUT2D eigenvalue weighted by atomic mass is 9.80. The fraction of sp³-hybridized carbons (Fsp3) is 0.314. The van der Waals surface area contributed by atoms with Gasteiger partial charge in [-0.25, -0.2) is 15.0 Å². The van der Waals surface area contributed by atoms with E-state index in [1.54, 1.807) is 6.20 Å². The van der Waals surface area contributed by atoms with Gasteiger partial charge in [-0.05, 0) is 73.1 Å².